The van der Waals surface area contributed by atoms with E-state index in [4.69, 9.17) is 5.73 Å². The van der Waals surface area contributed by atoms with Gasteiger partial charge in [-0.3, -0.25) is 0 Å². The zero-order chi connectivity index (χ0) is 8.77. The molecule has 1 unspecified atom stereocenters. The van der Waals surface area contributed by atoms with Crippen LogP contribution in [-0.2, 0) is 0 Å². The third-order valence-corrected chi connectivity index (χ3v) is 3.75. The van der Waals surface area contributed by atoms with Gasteiger partial charge in [-0.1, -0.05) is 18.2 Å². The Morgan fingerprint density at radius 3 is 2.67 bits per heavy atom. The Balaban J connectivity index is 2.49. The molecule has 0 spiro atoms. The SMILES string of the molecule is CC1(C)Sc2ccccc2C1N. The average molecular weight is 179 g/mol. The molecule has 1 aliphatic rings. The molecular formula is C10H13NS. The number of fused-ring (bicyclic) bond motifs is 1. The Morgan fingerprint density at radius 2 is 2.00 bits per heavy atom. The smallest absolute Gasteiger partial charge is 0.0453 e. The molecule has 0 aromatic heterocycles. The predicted octanol–water partition coefficient (Wildman–Crippen LogP) is 2.57. The zero-order valence-electron chi connectivity index (χ0n) is 7.37. The zero-order valence-corrected chi connectivity index (χ0v) is 8.19. The number of thioether (sulfide) groups is 1. The van der Waals surface area contributed by atoms with E-state index >= 15 is 0 Å². The molecular weight excluding hydrogens is 166 g/mol. The summed E-state index contributed by atoms with van der Waals surface area (Å²) in [4.78, 5) is 1.34. The molecule has 0 radical (unpaired) electrons. The van der Waals surface area contributed by atoms with Gasteiger partial charge in [-0.05, 0) is 25.5 Å². The Bertz CT molecular complexity index is 306. The summed E-state index contributed by atoms with van der Waals surface area (Å²) in [6, 6.07) is 8.58. The van der Waals surface area contributed by atoms with Gasteiger partial charge < -0.3 is 5.73 Å². The van der Waals surface area contributed by atoms with Crippen LogP contribution in [0.25, 0.3) is 0 Å². The van der Waals surface area contributed by atoms with Gasteiger partial charge in [-0.15, -0.1) is 11.8 Å². The number of nitrogens with two attached hydrogens (primary N) is 1. The van der Waals surface area contributed by atoms with Crippen molar-refractivity contribution in [1.29, 1.82) is 0 Å². The Morgan fingerprint density at radius 1 is 1.33 bits per heavy atom. The summed E-state index contributed by atoms with van der Waals surface area (Å²) >= 11 is 1.88. The van der Waals surface area contributed by atoms with Crippen LogP contribution in [-0.4, -0.2) is 4.75 Å². The van der Waals surface area contributed by atoms with Gasteiger partial charge in [0.1, 0.15) is 0 Å². The summed E-state index contributed by atoms with van der Waals surface area (Å²) in [6.07, 6.45) is 0. The fourth-order valence-corrected chi connectivity index (χ4v) is 2.83. The molecule has 0 bridgehead atoms. The standard InChI is InChI=1S/C10H13NS/c1-10(2)9(11)7-5-3-4-6-8(7)12-10/h3-6,9H,11H2,1-2H3. The molecule has 0 aliphatic carbocycles. The summed E-state index contributed by atoms with van der Waals surface area (Å²) < 4.78 is 0.156. The molecule has 1 heterocycles. The minimum Gasteiger partial charge on any atom is -0.323 e. The van der Waals surface area contributed by atoms with Crippen LogP contribution in [0.2, 0.25) is 0 Å². The van der Waals surface area contributed by atoms with Crippen LogP contribution in [0.15, 0.2) is 29.2 Å². The molecule has 1 aromatic rings. The summed E-state index contributed by atoms with van der Waals surface area (Å²) in [6.45, 7) is 4.39. The van der Waals surface area contributed by atoms with E-state index in [1.807, 2.05) is 11.8 Å². The Labute approximate surface area is 77.3 Å². The first kappa shape index (κ1) is 8.14. The molecule has 64 valence electrons. The topological polar surface area (TPSA) is 26.0 Å². The van der Waals surface area contributed by atoms with Gasteiger partial charge in [0.25, 0.3) is 0 Å². The van der Waals surface area contributed by atoms with Gasteiger partial charge in [0.05, 0.1) is 0 Å². The van der Waals surface area contributed by atoms with Crippen LogP contribution in [0.1, 0.15) is 25.5 Å². The van der Waals surface area contributed by atoms with Crippen LogP contribution < -0.4 is 5.73 Å². The highest BCUT2D eigenvalue weighted by Crippen LogP contribution is 2.49. The van der Waals surface area contributed by atoms with Crippen molar-refractivity contribution in [2.24, 2.45) is 5.73 Å². The van der Waals surface area contributed by atoms with Gasteiger partial charge in [-0.25, -0.2) is 0 Å². The molecule has 0 saturated heterocycles. The van der Waals surface area contributed by atoms with Crippen molar-refractivity contribution in [2.75, 3.05) is 0 Å². The third kappa shape index (κ3) is 1.06. The minimum atomic E-state index is 0.156. The normalized spacial score (nSPS) is 25.4. The fraction of sp³-hybridized carbons (Fsp3) is 0.400. The van der Waals surface area contributed by atoms with E-state index in [1.54, 1.807) is 0 Å². The van der Waals surface area contributed by atoms with E-state index in [0.29, 0.717) is 0 Å². The highest BCUT2D eigenvalue weighted by Gasteiger charge is 2.36. The summed E-state index contributed by atoms with van der Waals surface area (Å²) in [5.74, 6) is 0. The average Bonchev–Trinajstić information content (AvgIpc) is 2.24. The van der Waals surface area contributed by atoms with Gasteiger partial charge in [-0.2, -0.15) is 0 Å². The molecule has 1 aliphatic heterocycles. The Kier molecular flexibility index (Phi) is 1.70. The first-order valence-electron chi connectivity index (χ1n) is 4.15. The van der Waals surface area contributed by atoms with Crippen molar-refractivity contribution in [3.05, 3.63) is 29.8 Å². The third-order valence-electron chi connectivity index (χ3n) is 2.38. The minimum absolute atomic E-state index is 0.156. The van der Waals surface area contributed by atoms with Crippen molar-refractivity contribution >= 4 is 11.8 Å². The highest BCUT2D eigenvalue weighted by molar-refractivity contribution is 8.01. The first-order valence-corrected chi connectivity index (χ1v) is 4.96. The van der Waals surface area contributed by atoms with E-state index in [0.717, 1.165) is 0 Å². The van der Waals surface area contributed by atoms with Crippen LogP contribution in [0, 0.1) is 0 Å². The largest absolute Gasteiger partial charge is 0.323 e. The molecule has 1 nitrogen and oxygen atoms in total. The molecule has 0 amide bonds. The van der Waals surface area contributed by atoms with Crippen LogP contribution >= 0.6 is 11.8 Å². The lowest BCUT2D eigenvalue weighted by Gasteiger charge is -2.22. The molecule has 0 fully saturated rings. The van der Waals surface area contributed by atoms with E-state index < -0.39 is 0 Å². The lowest BCUT2D eigenvalue weighted by molar-refractivity contribution is 0.575. The van der Waals surface area contributed by atoms with Crippen molar-refractivity contribution < 1.29 is 0 Å². The molecule has 2 N–H and O–H groups in total. The summed E-state index contributed by atoms with van der Waals surface area (Å²) in [7, 11) is 0. The van der Waals surface area contributed by atoms with E-state index in [9.17, 15) is 0 Å². The second-order valence-corrected chi connectivity index (χ2v) is 5.42. The maximum Gasteiger partial charge on any atom is 0.0453 e. The van der Waals surface area contributed by atoms with Crippen LogP contribution in [0.5, 0.6) is 0 Å². The molecule has 12 heavy (non-hydrogen) atoms. The lowest BCUT2D eigenvalue weighted by Crippen LogP contribution is -2.27. The van der Waals surface area contributed by atoms with E-state index in [2.05, 4.69) is 38.1 Å². The summed E-state index contributed by atoms with van der Waals surface area (Å²) in [5, 5.41) is 0. The highest BCUT2D eigenvalue weighted by atomic mass is 32.2. The quantitative estimate of drug-likeness (QED) is 0.662. The number of rotatable bonds is 0. The van der Waals surface area contributed by atoms with Crippen molar-refractivity contribution in [3.63, 3.8) is 0 Å². The van der Waals surface area contributed by atoms with Crippen LogP contribution in [0.4, 0.5) is 0 Å². The molecule has 2 heteroatoms. The lowest BCUT2D eigenvalue weighted by atomic mass is 9.97. The van der Waals surface area contributed by atoms with Crippen molar-refractivity contribution in [1.82, 2.24) is 0 Å². The molecule has 0 saturated carbocycles. The second-order valence-electron chi connectivity index (χ2n) is 3.72. The Hall–Kier alpha value is -0.470. The van der Waals surface area contributed by atoms with Gasteiger partial charge >= 0.3 is 0 Å². The van der Waals surface area contributed by atoms with Crippen LogP contribution in [0.3, 0.4) is 0 Å². The predicted molar refractivity (Wildman–Crippen MR) is 53.3 cm³/mol. The molecule has 2 rings (SSSR count). The van der Waals surface area contributed by atoms with Gasteiger partial charge in [0, 0.05) is 15.7 Å². The maximum atomic E-state index is 6.10. The number of hydrogen-bond donors (Lipinski definition) is 1. The fourth-order valence-electron chi connectivity index (χ4n) is 1.55. The summed E-state index contributed by atoms with van der Waals surface area (Å²) in [5.41, 5.74) is 7.40. The van der Waals surface area contributed by atoms with E-state index in [-0.39, 0.29) is 10.8 Å². The van der Waals surface area contributed by atoms with Gasteiger partial charge in [0.15, 0.2) is 0 Å². The maximum absolute atomic E-state index is 6.10. The second kappa shape index (κ2) is 2.51. The van der Waals surface area contributed by atoms with E-state index in [1.165, 1.54) is 10.5 Å². The monoisotopic (exact) mass is 179 g/mol. The molecule has 1 aromatic carbocycles. The van der Waals surface area contributed by atoms with Crippen molar-refractivity contribution in [3.8, 4) is 0 Å². The number of benzene rings is 1. The molecule has 1 atom stereocenters. The number of hydrogen-bond acceptors (Lipinski definition) is 2. The first-order chi connectivity index (χ1) is 5.61. The van der Waals surface area contributed by atoms with Crippen molar-refractivity contribution in [2.45, 2.75) is 29.5 Å². The van der Waals surface area contributed by atoms with Gasteiger partial charge in [0.2, 0.25) is 0 Å².